The molecular formula is C26H33N3O5S2. The maximum absolute atomic E-state index is 13.6. The van der Waals surface area contributed by atoms with Gasteiger partial charge in [0.05, 0.1) is 24.3 Å². The van der Waals surface area contributed by atoms with Crippen molar-refractivity contribution in [3.8, 4) is 11.5 Å². The molecule has 0 aliphatic carbocycles. The Balaban J connectivity index is 1.54. The van der Waals surface area contributed by atoms with E-state index in [2.05, 4.69) is 9.88 Å². The van der Waals surface area contributed by atoms with Gasteiger partial charge >= 0.3 is 0 Å². The van der Waals surface area contributed by atoms with E-state index in [-0.39, 0.29) is 24.7 Å². The second-order valence-electron chi connectivity index (χ2n) is 8.72. The largest absolute Gasteiger partial charge is 0.493 e. The molecule has 0 spiro atoms. The van der Waals surface area contributed by atoms with Gasteiger partial charge in [-0.25, -0.2) is 13.4 Å². The second-order valence-corrected chi connectivity index (χ2v) is 11.6. The molecule has 194 valence electrons. The molecule has 0 unspecified atom stereocenters. The smallest absolute Gasteiger partial charge is 0.243 e. The molecule has 36 heavy (non-hydrogen) atoms. The molecule has 2 heterocycles. The van der Waals surface area contributed by atoms with Gasteiger partial charge < -0.3 is 19.5 Å². The minimum atomic E-state index is -3.68. The van der Waals surface area contributed by atoms with E-state index in [4.69, 9.17) is 9.47 Å². The first-order chi connectivity index (χ1) is 17.5. The molecule has 1 aliphatic heterocycles. The number of ether oxygens (including phenoxy) is 2. The van der Waals surface area contributed by atoms with Gasteiger partial charge in [-0.05, 0) is 55.8 Å². The molecule has 0 saturated carbocycles. The van der Waals surface area contributed by atoms with Crippen molar-refractivity contribution in [1.82, 2.24) is 14.2 Å². The molecule has 0 atom stereocenters. The zero-order valence-electron chi connectivity index (χ0n) is 20.5. The van der Waals surface area contributed by atoms with Gasteiger partial charge in [0.25, 0.3) is 0 Å². The third-order valence-electron chi connectivity index (χ3n) is 6.19. The van der Waals surface area contributed by atoms with Crippen molar-refractivity contribution in [1.29, 1.82) is 0 Å². The van der Waals surface area contributed by atoms with Crippen molar-refractivity contribution in [2.45, 2.75) is 43.9 Å². The van der Waals surface area contributed by atoms with Crippen molar-refractivity contribution in [2.24, 2.45) is 0 Å². The van der Waals surface area contributed by atoms with Crippen molar-refractivity contribution in [2.75, 3.05) is 33.3 Å². The SMILES string of the molecule is COc1ccc(CN(CCN2CCCCC2)S(=O)(=O)c2ccccc2)cc1OCc1nc(CO)cs1. The zero-order chi connectivity index (χ0) is 25.4. The van der Waals surface area contributed by atoms with Gasteiger partial charge in [-0.1, -0.05) is 30.7 Å². The molecule has 1 fully saturated rings. The van der Waals surface area contributed by atoms with Crippen LogP contribution in [0.2, 0.25) is 0 Å². The highest BCUT2D eigenvalue weighted by Gasteiger charge is 2.26. The van der Waals surface area contributed by atoms with Gasteiger partial charge in [0.1, 0.15) is 11.6 Å². The molecule has 10 heteroatoms. The van der Waals surface area contributed by atoms with Crippen LogP contribution in [-0.2, 0) is 29.8 Å². The number of methoxy groups -OCH3 is 1. The normalized spacial score (nSPS) is 14.8. The Kier molecular flexibility index (Phi) is 9.33. The lowest BCUT2D eigenvalue weighted by molar-refractivity contribution is 0.211. The molecule has 1 aromatic heterocycles. The number of thiazole rings is 1. The summed E-state index contributed by atoms with van der Waals surface area (Å²) in [5.41, 5.74) is 1.41. The van der Waals surface area contributed by atoms with Crippen LogP contribution in [0.1, 0.15) is 35.5 Å². The van der Waals surface area contributed by atoms with Crippen LogP contribution in [0.15, 0.2) is 58.8 Å². The molecule has 1 aliphatic rings. The second kappa shape index (κ2) is 12.6. The summed E-state index contributed by atoms with van der Waals surface area (Å²) in [7, 11) is -2.11. The zero-order valence-corrected chi connectivity index (χ0v) is 22.1. The Labute approximate surface area is 217 Å². The highest BCUT2D eigenvalue weighted by atomic mass is 32.2. The third-order valence-corrected chi connectivity index (χ3v) is 8.93. The Bertz CT molecular complexity index is 1210. The number of benzene rings is 2. The van der Waals surface area contributed by atoms with Crippen LogP contribution >= 0.6 is 11.3 Å². The summed E-state index contributed by atoms with van der Waals surface area (Å²) in [6.07, 6.45) is 3.55. The highest BCUT2D eigenvalue weighted by molar-refractivity contribution is 7.89. The van der Waals surface area contributed by atoms with Crippen LogP contribution in [0.4, 0.5) is 0 Å². The standard InChI is InChI=1S/C26H33N3O5S2/c1-33-24-11-10-21(16-25(24)34-19-26-27-22(18-30)20-35-26)17-29(15-14-28-12-6-3-7-13-28)36(31,32)23-8-4-2-5-9-23/h2,4-5,8-11,16,20,30H,3,6-7,12-15,17-19H2,1H3. The Morgan fingerprint density at radius 3 is 2.56 bits per heavy atom. The van der Waals surface area contributed by atoms with E-state index in [0.29, 0.717) is 30.3 Å². The fourth-order valence-corrected chi connectivity index (χ4v) is 6.36. The molecular weight excluding hydrogens is 498 g/mol. The van der Waals surface area contributed by atoms with Crippen molar-refractivity contribution >= 4 is 21.4 Å². The van der Waals surface area contributed by atoms with E-state index in [1.165, 1.54) is 17.8 Å². The lowest BCUT2D eigenvalue weighted by Crippen LogP contribution is -2.40. The molecule has 0 bridgehead atoms. The number of hydrogen-bond acceptors (Lipinski definition) is 8. The number of hydrogen-bond donors (Lipinski definition) is 1. The van der Waals surface area contributed by atoms with Crippen LogP contribution in [0.25, 0.3) is 0 Å². The van der Waals surface area contributed by atoms with Crippen molar-refractivity contribution in [3.05, 3.63) is 70.2 Å². The molecule has 0 radical (unpaired) electrons. The van der Waals surface area contributed by atoms with Gasteiger partial charge in [0, 0.05) is 25.0 Å². The first-order valence-electron chi connectivity index (χ1n) is 12.1. The summed E-state index contributed by atoms with van der Waals surface area (Å²) >= 11 is 1.41. The minimum Gasteiger partial charge on any atom is -0.493 e. The first kappa shape index (κ1) is 26.6. The van der Waals surface area contributed by atoms with Crippen LogP contribution in [0.5, 0.6) is 11.5 Å². The topological polar surface area (TPSA) is 92.2 Å². The van der Waals surface area contributed by atoms with Crippen LogP contribution in [0, 0.1) is 0 Å². The Hall–Kier alpha value is -2.50. The van der Waals surface area contributed by atoms with Gasteiger partial charge in [-0.3, -0.25) is 0 Å². The summed E-state index contributed by atoms with van der Waals surface area (Å²) in [6.45, 7) is 3.45. The van der Waals surface area contributed by atoms with E-state index in [9.17, 15) is 13.5 Å². The van der Waals surface area contributed by atoms with Gasteiger partial charge in [-0.15, -0.1) is 11.3 Å². The lowest BCUT2D eigenvalue weighted by Gasteiger charge is -2.30. The molecule has 0 amide bonds. The number of aliphatic hydroxyl groups excluding tert-OH is 1. The molecule has 4 rings (SSSR count). The van der Waals surface area contributed by atoms with E-state index in [0.717, 1.165) is 36.5 Å². The van der Waals surface area contributed by atoms with Gasteiger partial charge in [0.15, 0.2) is 11.5 Å². The van der Waals surface area contributed by atoms with E-state index in [1.54, 1.807) is 47.1 Å². The summed E-state index contributed by atoms with van der Waals surface area (Å²) in [5, 5.41) is 11.8. The van der Waals surface area contributed by atoms with E-state index >= 15 is 0 Å². The number of nitrogens with zero attached hydrogens (tertiary/aromatic N) is 3. The summed E-state index contributed by atoms with van der Waals surface area (Å²) < 4.78 is 40.2. The monoisotopic (exact) mass is 531 g/mol. The predicted molar refractivity (Wildman–Crippen MR) is 140 cm³/mol. The summed E-state index contributed by atoms with van der Waals surface area (Å²) in [6, 6.07) is 14.1. The minimum absolute atomic E-state index is 0.113. The summed E-state index contributed by atoms with van der Waals surface area (Å²) in [4.78, 5) is 6.95. The first-order valence-corrected chi connectivity index (χ1v) is 14.4. The van der Waals surface area contributed by atoms with Gasteiger partial charge in [-0.2, -0.15) is 4.31 Å². The quantitative estimate of drug-likeness (QED) is 0.379. The van der Waals surface area contributed by atoms with Crippen LogP contribution in [-0.4, -0.2) is 61.0 Å². The summed E-state index contributed by atoms with van der Waals surface area (Å²) in [5.74, 6) is 1.08. The Morgan fingerprint density at radius 2 is 1.86 bits per heavy atom. The number of rotatable bonds is 12. The van der Waals surface area contributed by atoms with Crippen molar-refractivity contribution in [3.63, 3.8) is 0 Å². The fourth-order valence-electron chi connectivity index (χ4n) is 4.22. The number of aromatic nitrogens is 1. The lowest BCUT2D eigenvalue weighted by atomic mass is 10.1. The van der Waals surface area contributed by atoms with Crippen molar-refractivity contribution < 1.29 is 23.0 Å². The molecule has 1 N–H and O–H groups in total. The number of sulfonamides is 1. The van der Waals surface area contributed by atoms with E-state index < -0.39 is 10.0 Å². The third kappa shape index (κ3) is 6.83. The highest BCUT2D eigenvalue weighted by Crippen LogP contribution is 2.30. The van der Waals surface area contributed by atoms with Crippen LogP contribution < -0.4 is 9.47 Å². The molecule has 8 nitrogen and oxygen atoms in total. The van der Waals surface area contributed by atoms with E-state index in [1.807, 2.05) is 18.2 Å². The molecule has 3 aromatic rings. The Morgan fingerprint density at radius 1 is 1.08 bits per heavy atom. The maximum atomic E-state index is 13.6. The molecule has 2 aromatic carbocycles. The van der Waals surface area contributed by atoms with Crippen LogP contribution in [0.3, 0.4) is 0 Å². The van der Waals surface area contributed by atoms with Gasteiger partial charge in [0.2, 0.25) is 10.0 Å². The fraction of sp³-hybridized carbons (Fsp3) is 0.423. The number of aliphatic hydroxyl groups is 1. The number of piperidine rings is 1. The average Bonchev–Trinajstić information content (AvgIpc) is 3.39. The maximum Gasteiger partial charge on any atom is 0.243 e. The average molecular weight is 532 g/mol. The predicted octanol–water partition coefficient (Wildman–Crippen LogP) is 3.90. The number of likely N-dealkylation sites (tertiary alicyclic amines) is 1. The molecule has 1 saturated heterocycles.